The van der Waals surface area contributed by atoms with Crippen molar-refractivity contribution < 1.29 is 0 Å². The Hall–Kier alpha value is 0.0200. The van der Waals surface area contributed by atoms with Crippen molar-refractivity contribution in [2.75, 3.05) is 0 Å². The molecule has 0 radical (unpaired) electrons. The van der Waals surface area contributed by atoms with Gasteiger partial charge in [-0.15, -0.1) is 11.6 Å². The van der Waals surface area contributed by atoms with Crippen LogP contribution in [0.1, 0.15) is 12.8 Å². The lowest BCUT2D eigenvalue weighted by molar-refractivity contribution is 0.0537. The van der Waals surface area contributed by atoms with Gasteiger partial charge in [0, 0.05) is 11.8 Å². The minimum absolute atomic E-state index is 0.253. The third-order valence-corrected chi connectivity index (χ3v) is 7.97. The van der Waals surface area contributed by atoms with Crippen molar-refractivity contribution in [2.45, 2.75) is 22.7 Å². The Balaban J connectivity index is 1.80. The summed E-state index contributed by atoms with van der Waals surface area (Å²) in [6.45, 7) is 0. The summed E-state index contributed by atoms with van der Waals surface area (Å²) in [7, 11) is 0. The van der Waals surface area contributed by atoms with E-state index in [2.05, 4.69) is 29.3 Å². The number of rotatable bonds is 0. The standard InChI is InChI=1S/C15H14Cl3N/c16-13-14(17)9-2-1-3-10(9)15(18,19-13)12-8-5-4-7(6-8)11(12)14/h1,3-5,7-12H,2,6H2/t7-,8?,9?,10?,11?,12?,14+,15+/m1/s1. The fourth-order valence-electron chi connectivity index (χ4n) is 5.59. The maximum Gasteiger partial charge on any atom is 0.145 e. The summed E-state index contributed by atoms with van der Waals surface area (Å²) in [5.74, 6) is 2.38. The van der Waals surface area contributed by atoms with Crippen molar-refractivity contribution in [1.29, 1.82) is 0 Å². The molecule has 6 rings (SSSR count). The minimum atomic E-state index is -0.555. The maximum atomic E-state index is 7.11. The van der Waals surface area contributed by atoms with E-state index in [1.807, 2.05) is 0 Å². The van der Waals surface area contributed by atoms with Crippen LogP contribution in [-0.2, 0) is 0 Å². The molecule has 2 saturated carbocycles. The first-order valence-electron chi connectivity index (χ1n) is 7.05. The molecule has 2 aliphatic heterocycles. The molecule has 0 saturated heterocycles. The average molecular weight is 315 g/mol. The Morgan fingerprint density at radius 1 is 1.11 bits per heavy atom. The molecule has 0 amide bonds. The smallest absolute Gasteiger partial charge is 0.145 e. The van der Waals surface area contributed by atoms with Gasteiger partial charge in [0.25, 0.3) is 0 Å². The van der Waals surface area contributed by atoms with E-state index in [0.29, 0.717) is 34.8 Å². The van der Waals surface area contributed by atoms with Gasteiger partial charge in [-0.05, 0) is 36.5 Å². The summed E-state index contributed by atoms with van der Waals surface area (Å²) in [6, 6.07) is 0. The monoisotopic (exact) mass is 313 g/mol. The van der Waals surface area contributed by atoms with E-state index in [4.69, 9.17) is 34.8 Å². The molecule has 6 aliphatic rings. The quantitative estimate of drug-likeness (QED) is 0.361. The fourth-order valence-corrected chi connectivity index (χ4v) is 7.22. The number of allylic oxidation sites excluding steroid dienone is 3. The third-order valence-electron chi connectivity index (χ3n) is 6.17. The van der Waals surface area contributed by atoms with Crippen LogP contribution in [0.4, 0.5) is 0 Å². The maximum absolute atomic E-state index is 7.11. The highest BCUT2D eigenvalue weighted by Crippen LogP contribution is 2.72. The molecule has 0 spiro atoms. The number of hydrogen-bond donors (Lipinski definition) is 0. The van der Waals surface area contributed by atoms with Crippen LogP contribution in [0.3, 0.4) is 0 Å². The molecule has 4 bridgehead atoms. The summed E-state index contributed by atoms with van der Waals surface area (Å²) >= 11 is 20.6. The van der Waals surface area contributed by atoms with E-state index < -0.39 is 9.87 Å². The van der Waals surface area contributed by atoms with E-state index in [9.17, 15) is 0 Å². The van der Waals surface area contributed by atoms with Crippen molar-refractivity contribution in [1.82, 2.24) is 0 Å². The molecule has 19 heavy (non-hydrogen) atoms. The molecule has 0 aromatic carbocycles. The zero-order valence-corrected chi connectivity index (χ0v) is 12.5. The van der Waals surface area contributed by atoms with Gasteiger partial charge in [0.1, 0.15) is 15.0 Å². The number of alkyl halides is 2. The van der Waals surface area contributed by atoms with Crippen LogP contribution in [0, 0.1) is 35.5 Å². The van der Waals surface area contributed by atoms with Gasteiger partial charge < -0.3 is 0 Å². The summed E-state index contributed by atoms with van der Waals surface area (Å²) in [6.07, 6.45) is 11.3. The van der Waals surface area contributed by atoms with Gasteiger partial charge in [-0.25, -0.2) is 0 Å². The Morgan fingerprint density at radius 3 is 2.63 bits per heavy atom. The SMILES string of the molecule is ClC1=N[C@@]2(Cl)C3C=CCC3[C@]1(Cl)C1C2C2C=C[C@@H]1C2. The van der Waals surface area contributed by atoms with E-state index in [1.165, 1.54) is 6.42 Å². The van der Waals surface area contributed by atoms with Crippen molar-refractivity contribution >= 4 is 40.0 Å². The predicted molar refractivity (Wildman–Crippen MR) is 78.9 cm³/mol. The lowest BCUT2D eigenvalue weighted by atomic mass is 9.55. The Kier molecular flexibility index (Phi) is 2.00. The molecule has 0 aromatic rings. The van der Waals surface area contributed by atoms with E-state index in [1.54, 1.807) is 0 Å². The van der Waals surface area contributed by atoms with Crippen LogP contribution in [0.5, 0.6) is 0 Å². The topological polar surface area (TPSA) is 12.4 Å². The molecule has 0 N–H and O–H groups in total. The predicted octanol–water partition coefficient (Wildman–Crippen LogP) is 4.19. The second kappa shape index (κ2) is 3.26. The lowest BCUT2D eigenvalue weighted by Gasteiger charge is -2.60. The molecule has 0 aromatic heterocycles. The van der Waals surface area contributed by atoms with Crippen molar-refractivity contribution in [3.05, 3.63) is 24.3 Å². The van der Waals surface area contributed by atoms with Gasteiger partial charge in [-0.2, -0.15) is 0 Å². The lowest BCUT2D eigenvalue weighted by Crippen LogP contribution is -2.67. The normalized spacial score (nSPS) is 63.4. The zero-order chi connectivity index (χ0) is 13.0. The highest BCUT2D eigenvalue weighted by molar-refractivity contribution is 6.73. The fraction of sp³-hybridized carbons (Fsp3) is 0.667. The molecule has 4 heteroatoms. The molecule has 1 nitrogen and oxygen atoms in total. The van der Waals surface area contributed by atoms with E-state index in [0.717, 1.165) is 6.42 Å². The van der Waals surface area contributed by atoms with Crippen molar-refractivity contribution in [3.63, 3.8) is 0 Å². The number of halogens is 3. The molecule has 4 aliphatic carbocycles. The molecular weight excluding hydrogens is 301 g/mol. The molecule has 8 atom stereocenters. The first kappa shape index (κ1) is 11.7. The average Bonchev–Trinajstić information content (AvgIpc) is 3.07. The summed E-state index contributed by atoms with van der Waals surface area (Å²) in [5, 5.41) is 0.566. The molecule has 100 valence electrons. The first-order chi connectivity index (χ1) is 9.07. The number of fused-ring (bicyclic) bond motifs is 2. The van der Waals surface area contributed by atoms with Crippen LogP contribution >= 0.6 is 34.8 Å². The van der Waals surface area contributed by atoms with Gasteiger partial charge in [-0.1, -0.05) is 47.5 Å². The summed E-state index contributed by atoms with van der Waals surface area (Å²) < 4.78 is 0. The van der Waals surface area contributed by atoms with Crippen molar-refractivity contribution in [2.24, 2.45) is 40.5 Å². The molecule has 2 heterocycles. The van der Waals surface area contributed by atoms with Crippen LogP contribution in [-0.4, -0.2) is 15.0 Å². The molecule has 5 unspecified atom stereocenters. The van der Waals surface area contributed by atoms with Crippen LogP contribution < -0.4 is 0 Å². The van der Waals surface area contributed by atoms with E-state index >= 15 is 0 Å². The van der Waals surface area contributed by atoms with Crippen LogP contribution in [0.25, 0.3) is 0 Å². The third kappa shape index (κ3) is 1.06. The minimum Gasteiger partial charge on any atom is -0.252 e. The second-order valence-corrected chi connectivity index (χ2v) is 8.28. The Labute approximate surface area is 127 Å². The second-order valence-electron chi connectivity index (χ2n) is 6.69. The zero-order valence-electron chi connectivity index (χ0n) is 10.3. The number of aliphatic imine (C=N–C) groups is 1. The van der Waals surface area contributed by atoms with Crippen LogP contribution in [0.2, 0.25) is 0 Å². The van der Waals surface area contributed by atoms with Gasteiger partial charge in [-0.3, -0.25) is 4.99 Å². The van der Waals surface area contributed by atoms with Crippen molar-refractivity contribution in [3.8, 4) is 0 Å². The number of nitrogens with zero attached hydrogens (tertiary/aromatic N) is 1. The number of hydrogen-bond acceptors (Lipinski definition) is 1. The van der Waals surface area contributed by atoms with Gasteiger partial charge in [0.2, 0.25) is 0 Å². The summed E-state index contributed by atoms with van der Waals surface area (Å²) in [4.78, 5) is 3.65. The summed E-state index contributed by atoms with van der Waals surface area (Å²) in [5.41, 5.74) is 0. The van der Waals surface area contributed by atoms with Crippen LogP contribution in [0.15, 0.2) is 29.3 Å². The Bertz CT molecular complexity index is 568. The highest BCUT2D eigenvalue weighted by atomic mass is 35.5. The molecular formula is C15H14Cl3N. The molecule has 2 fully saturated rings. The van der Waals surface area contributed by atoms with Gasteiger partial charge >= 0.3 is 0 Å². The van der Waals surface area contributed by atoms with Gasteiger partial charge in [0.15, 0.2) is 0 Å². The highest BCUT2D eigenvalue weighted by Gasteiger charge is 2.74. The largest absolute Gasteiger partial charge is 0.252 e. The van der Waals surface area contributed by atoms with Gasteiger partial charge in [0.05, 0.1) is 0 Å². The van der Waals surface area contributed by atoms with E-state index in [-0.39, 0.29) is 5.92 Å². The first-order valence-corrected chi connectivity index (χ1v) is 8.19. The Morgan fingerprint density at radius 2 is 1.84 bits per heavy atom.